The van der Waals surface area contributed by atoms with Crippen molar-refractivity contribution in [3.05, 3.63) is 51.9 Å². The van der Waals surface area contributed by atoms with Crippen molar-refractivity contribution in [1.82, 2.24) is 9.78 Å². The van der Waals surface area contributed by atoms with E-state index in [1.807, 2.05) is 26.8 Å². The maximum absolute atomic E-state index is 12.2. The Balaban J connectivity index is 2.31. The summed E-state index contributed by atoms with van der Waals surface area (Å²) in [6, 6.07) is 7.71. The van der Waals surface area contributed by atoms with Crippen molar-refractivity contribution in [2.45, 2.75) is 26.2 Å². The van der Waals surface area contributed by atoms with Crippen LogP contribution < -0.4 is 10.9 Å². The van der Waals surface area contributed by atoms with Gasteiger partial charge in [-0.05, 0) is 29.2 Å². The Labute approximate surface area is 128 Å². The molecule has 0 aliphatic heterocycles. The fourth-order valence-corrected chi connectivity index (χ4v) is 1.91. The number of hydrogen-bond acceptors (Lipinski definition) is 4. The lowest BCUT2D eigenvalue weighted by Gasteiger charge is -2.20. The van der Waals surface area contributed by atoms with Gasteiger partial charge >= 0.3 is 0 Å². The van der Waals surface area contributed by atoms with Crippen molar-refractivity contribution in [1.29, 1.82) is 0 Å². The van der Waals surface area contributed by atoms with E-state index < -0.39 is 5.91 Å². The van der Waals surface area contributed by atoms with Crippen molar-refractivity contribution >= 4 is 11.6 Å². The highest BCUT2D eigenvalue weighted by atomic mass is 16.3. The lowest BCUT2D eigenvalue weighted by atomic mass is 9.87. The second kappa shape index (κ2) is 5.63. The highest BCUT2D eigenvalue weighted by molar-refractivity contribution is 6.03. The molecule has 0 unspecified atom stereocenters. The summed E-state index contributed by atoms with van der Waals surface area (Å²) in [5, 5.41) is 16.4. The smallest absolute Gasteiger partial charge is 0.276 e. The zero-order valence-corrected chi connectivity index (χ0v) is 13.0. The first-order chi connectivity index (χ1) is 10.2. The molecule has 22 heavy (non-hydrogen) atoms. The Morgan fingerprint density at radius 2 is 1.91 bits per heavy atom. The molecule has 0 radical (unpaired) electrons. The predicted octanol–water partition coefficient (Wildman–Crippen LogP) is 2.04. The van der Waals surface area contributed by atoms with Crippen molar-refractivity contribution in [3.8, 4) is 5.75 Å². The summed E-state index contributed by atoms with van der Waals surface area (Å²) < 4.78 is 1.08. The van der Waals surface area contributed by atoms with Gasteiger partial charge in [0, 0.05) is 13.1 Å². The molecule has 2 rings (SSSR count). The van der Waals surface area contributed by atoms with Gasteiger partial charge in [-0.15, -0.1) is 0 Å². The van der Waals surface area contributed by atoms with Crippen LogP contribution in [0.3, 0.4) is 0 Å². The summed E-state index contributed by atoms with van der Waals surface area (Å²) in [5.74, 6) is -0.511. The summed E-state index contributed by atoms with van der Waals surface area (Å²) in [7, 11) is 1.47. The van der Waals surface area contributed by atoms with Gasteiger partial charge in [-0.2, -0.15) is 5.10 Å². The Kier molecular flexibility index (Phi) is 4.03. The van der Waals surface area contributed by atoms with Gasteiger partial charge in [-0.25, -0.2) is 4.68 Å². The number of carbonyl (C=O) groups is 1. The number of aryl methyl sites for hydroxylation is 1. The van der Waals surface area contributed by atoms with Crippen LogP contribution in [0.25, 0.3) is 0 Å². The number of phenolic OH excluding ortho intramolecular Hbond substituents is 1. The fraction of sp³-hybridized carbons (Fsp3) is 0.312. The Bertz CT molecular complexity index is 773. The maximum atomic E-state index is 12.2. The van der Waals surface area contributed by atoms with E-state index in [2.05, 4.69) is 10.4 Å². The number of carbonyl (C=O) groups excluding carboxylic acids is 1. The maximum Gasteiger partial charge on any atom is 0.276 e. The van der Waals surface area contributed by atoms with Crippen molar-refractivity contribution < 1.29 is 9.90 Å². The molecule has 0 aliphatic carbocycles. The molecular formula is C16H19N3O3. The molecule has 2 N–H and O–H groups in total. The van der Waals surface area contributed by atoms with Gasteiger partial charge in [-0.3, -0.25) is 9.59 Å². The lowest BCUT2D eigenvalue weighted by Crippen LogP contribution is -2.23. The van der Waals surface area contributed by atoms with E-state index in [0.29, 0.717) is 5.69 Å². The molecule has 1 aromatic heterocycles. The quantitative estimate of drug-likeness (QED) is 0.831. The monoisotopic (exact) mass is 301 g/mol. The van der Waals surface area contributed by atoms with Crippen LogP contribution in [0.15, 0.2) is 35.1 Å². The molecule has 0 bridgehead atoms. The number of aromatic hydroxyl groups is 1. The molecule has 0 atom stereocenters. The number of rotatable bonds is 2. The molecule has 1 heterocycles. The van der Waals surface area contributed by atoms with E-state index in [1.165, 1.54) is 19.2 Å². The van der Waals surface area contributed by atoms with Crippen LogP contribution in [-0.4, -0.2) is 20.8 Å². The molecule has 2 aromatic rings. The number of nitrogens with zero attached hydrogens (tertiary/aromatic N) is 2. The van der Waals surface area contributed by atoms with Crippen molar-refractivity contribution in [3.63, 3.8) is 0 Å². The van der Waals surface area contributed by atoms with Crippen LogP contribution >= 0.6 is 0 Å². The number of phenols is 1. The summed E-state index contributed by atoms with van der Waals surface area (Å²) in [6.45, 7) is 6.12. The minimum Gasteiger partial charge on any atom is -0.506 e. The molecule has 1 aromatic carbocycles. The van der Waals surface area contributed by atoms with E-state index >= 15 is 0 Å². The Morgan fingerprint density at radius 1 is 1.23 bits per heavy atom. The van der Waals surface area contributed by atoms with Gasteiger partial charge in [0.25, 0.3) is 11.5 Å². The molecule has 0 spiro atoms. The van der Waals surface area contributed by atoms with Gasteiger partial charge in [0.1, 0.15) is 11.4 Å². The van der Waals surface area contributed by atoms with Crippen molar-refractivity contribution in [2.24, 2.45) is 7.05 Å². The molecule has 6 heteroatoms. The number of anilines is 1. The first kappa shape index (κ1) is 15.8. The lowest BCUT2D eigenvalue weighted by molar-refractivity contribution is 0.101. The van der Waals surface area contributed by atoms with E-state index in [1.54, 1.807) is 12.1 Å². The molecule has 0 fully saturated rings. The van der Waals surface area contributed by atoms with Crippen molar-refractivity contribution in [2.75, 3.05) is 5.32 Å². The van der Waals surface area contributed by atoms with E-state index in [0.717, 1.165) is 10.2 Å². The van der Waals surface area contributed by atoms with Crippen LogP contribution in [0.5, 0.6) is 5.75 Å². The summed E-state index contributed by atoms with van der Waals surface area (Å²) >= 11 is 0. The summed E-state index contributed by atoms with van der Waals surface area (Å²) in [6.07, 6.45) is 0. The van der Waals surface area contributed by atoms with Gasteiger partial charge in [-0.1, -0.05) is 26.8 Å². The molecule has 0 saturated carbocycles. The number of aromatic nitrogens is 2. The number of amides is 1. The van der Waals surface area contributed by atoms with Gasteiger partial charge in [0.2, 0.25) is 0 Å². The first-order valence-corrected chi connectivity index (χ1v) is 6.87. The Morgan fingerprint density at radius 3 is 2.50 bits per heavy atom. The highest BCUT2D eigenvalue weighted by Gasteiger charge is 2.17. The van der Waals surface area contributed by atoms with E-state index in [4.69, 9.17) is 0 Å². The molecule has 1 amide bonds. The average Bonchev–Trinajstić information content (AvgIpc) is 2.43. The SMILES string of the molecule is Cn1nc(C(=O)Nc2cc(C(C)(C)C)ccc2O)ccc1=O. The topological polar surface area (TPSA) is 84.2 Å². The normalized spacial score (nSPS) is 11.3. The highest BCUT2D eigenvalue weighted by Crippen LogP contribution is 2.30. The summed E-state index contributed by atoms with van der Waals surface area (Å²) in [4.78, 5) is 23.5. The van der Waals surface area contributed by atoms with Crippen LogP contribution in [0.4, 0.5) is 5.69 Å². The molecule has 0 aliphatic rings. The fourth-order valence-electron chi connectivity index (χ4n) is 1.91. The minimum atomic E-state index is -0.489. The third-order valence-electron chi connectivity index (χ3n) is 3.30. The second-order valence-corrected chi connectivity index (χ2v) is 6.12. The van der Waals surface area contributed by atoms with Gasteiger partial charge < -0.3 is 10.4 Å². The molecule has 116 valence electrons. The third-order valence-corrected chi connectivity index (χ3v) is 3.30. The zero-order chi connectivity index (χ0) is 16.5. The standard InChI is InChI=1S/C16H19N3O3/c1-16(2,3)10-5-7-13(20)12(9-10)17-15(22)11-6-8-14(21)19(4)18-11/h5-9,20H,1-4H3,(H,17,22). The first-order valence-electron chi connectivity index (χ1n) is 6.87. The number of benzene rings is 1. The Hall–Kier alpha value is -2.63. The van der Waals surface area contributed by atoms with Gasteiger partial charge in [0.05, 0.1) is 5.69 Å². The molecular weight excluding hydrogens is 282 g/mol. The van der Waals surface area contributed by atoms with Crippen LogP contribution in [0.1, 0.15) is 36.8 Å². The molecule has 0 saturated heterocycles. The molecule has 6 nitrogen and oxygen atoms in total. The average molecular weight is 301 g/mol. The third kappa shape index (κ3) is 3.33. The second-order valence-electron chi connectivity index (χ2n) is 6.12. The number of nitrogens with one attached hydrogen (secondary N) is 1. The van der Waals surface area contributed by atoms with Gasteiger partial charge in [0.15, 0.2) is 0 Å². The summed E-state index contributed by atoms with van der Waals surface area (Å²) in [5.41, 5.74) is 0.987. The van der Waals surface area contributed by atoms with E-state index in [-0.39, 0.29) is 22.4 Å². The number of hydrogen-bond donors (Lipinski definition) is 2. The van der Waals surface area contributed by atoms with Crippen LogP contribution in [0.2, 0.25) is 0 Å². The predicted molar refractivity (Wildman–Crippen MR) is 84.2 cm³/mol. The largest absolute Gasteiger partial charge is 0.506 e. The zero-order valence-electron chi connectivity index (χ0n) is 13.0. The minimum absolute atomic E-state index is 0.0221. The van der Waals surface area contributed by atoms with E-state index in [9.17, 15) is 14.7 Å². The van der Waals surface area contributed by atoms with Crippen LogP contribution in [0, 0.1) is 0 Å². The van der Waals surface area contributed by atoms with Crippen LogP contribution in [-0.2, 0) is 12.5 Å².